The number of rotatable bonds is 4. The van der Waals surface area contributed by atoms with Crippen LogP contribution in [0.15, 0.2) is 28.8 Å². The van der Waals surface area contributed by atoms with Gasteiger partial charge in [0, 0.05) is 31.3 Å². The highest BCUT2D eigenvalue weighted by Crippen LogP contribution is 2.37. The molecule has 98 valence electrons. The number of fused-ring (bicyclic) bond motifs is 1. The minimum absolute atomic E-state index is 0.630. The van der Waals surface area contributed by atoms with Crippen LogP contribution in [-0.4, -0.2) is 24.3 Å². The lowest BCUT2D eigenvalue weighted by Crippen LogP contribution is -2.40. The van der Waals surface area contributed by atoms with Crippen molar-refractivity contribution in [3.05, 3.63) is 23.8 Å². The minimum Gasteiger partial charge on any atom is -0.373 e. The monoisotopic (exact) mass is 246 g/mol. The number of aliphatic imine (C=N–C) groups is 1. The summed E-state index contributed by atoms with van der Waals surface area (Å²) in [7, 11) is 1.97. The van der Waals surface area contributed by atoms with Crippen LogP contribution in [0.4, 0.5) is 0 Å². The smallest absolute Gasteiger partial charge is 0.146 e. The van der Waals surface area contributed by atoms with Gasteiger partial charge >= 0.3 is 0 Å². The fourth-order valence-electron chi connectivity index (χ4n) is 3.07. The van der Waals surface area contributed by atoms with E-state index in [1.807, 2.05) is 12.1 Å². The summed E-state index contributed by atoms with van der Waals surface area (Å²) >= 11 is 0. The second-order valence-electron chi connectivity index (χ2n) is 5.28. The van der Waals surface area contributed by atoms with Crippen LogP contribution in [0, 0.1) is 11.8 Å². The van der Waals surface area contributed by atoms with Gasteiger partial charge in [0.25, 0.3) is 0 Å². The average molecular weight is 246 g/mol. The Labute approximate surface area is 109 Å². The summed E-state index contributed by atoms with van der Waals surface area (Å²) in [6.45, 7) is 3.15. The summed E-state index contributed by atoms with van der Waals surface area (Å²) in [5, 5.41) is 5.30. The topological polar surface area (TPSA) is 39.7 Å². The molecule has 1 atom stereocenters. The van der Waals surface area contributed by atoms with Crippen LogP contribution >= 0.6 is 0 Å². The summed E-state index contributed by atoms with van der Waals surface area (Å²) < 4.78 is 0. The van der Waals surface area contributed by atoms with Gasteiger partial charge < -0.3 is 5.32 Å². The Balaban J connectivity index is 1.88. The van der Waals surface area contributed by atoms with Crippen LogP contribution in [0.5, 0.6) is 0 Å². The largest absolute Gasteiger partial charge is 0.373 e. The number of hydrazine groups is 1. The predicted octanol–water partition coefficient (Wildman–Crippen LogP) is 1.99. The molecule has 3 rings (SSSR count). The number of hydrogen-bond acceptors (Lipinski definition) is 4. The molecule has 3 aliphatic rings. The van der Waals surface area contributed by atoms with Gasteiger partial charge in [-0.15, -0.1) is 0 Å². The molecule has 1 saturated carbocycles. The minimum atomic E-state index is 0.630. The zero-order chi connectivity index (χ0) is 12.5. The number of nitrogens with zero attached hydrogens (tertiary/aromatic N) is 2. The van der Waals surface area contributed by atoms with Crippen LogP contribution in [0.3, 0.4) is 0 Å². The fraction of sp³-hybridized carbons (Fsp3) is 0.643. The van der Waals surface area contributed by atoms with Crippen molar-refractivity contribution in [3.8, 4) is 0 Å². The first-order valence-electron chi connectivity index (χ1n) is 7.05. The van der Waals surface area contributed by atoms with Crippen molar-refractivity contribution >= 4 is 5.71 Å². The third-order valence-corrected chi connectivity index (χ3v) is 4.33. The van der Waals surface area contributed by atoms with Gasteiger partial charge in [-0.1, -0.05) is 13.3 Å². The predicted molar refractivity (Wildman–Crippen MR) is 73.6 cm³/mol. The SMILES string of the molecule is CCC(C1=NC2=CCNN2C(NC)=C1)C1CCC1. The molecule has 2 aliphatic heterocycles. The molecule has 2 heterocycles. The lowest BCUT2D eigenvalue weighted by Gasteiger charge is -2.36. The van der Waals surface area contributed by atoms with Crippen molar-refractivity contribution in [2.24, 2.45) is 16.8 Å². The van der Waals surface area contributed by atoms with E-state index in [2.05, 4.69) is 29.8 Å². The van der Waals surface area contributed by atoms with Gasteiger partial charge in [-0.25, -0.2) is 15.4 Å². The maximum absolute atomic E-state index is 4.84. The molecule has 1 fully saturated rings. The summed E-state index contributed by atoms with van der Waals surface area (Å²) in [6.07, 6.45) is 9.70. The van der Waals surface area contributed by atoms with Crippen molar-refractivity contribution in [2.45, 2.75) is 32.6 Å². The van der Waals surface area contributed by atoms with E-state index in [-0.39, 0.29) is 0 Å². The molecule has 18 heavy (non-hydrogen) atoms. The zero-order valence-electron chi connectivity index (χ0n) is 11.2. The standard InChI is InChI=1S/C14H22N4/c1-3-11(10-5-4-6-10)12-9-14(15-2)18-13(17-12)7-8-16-18/h7,9-11,15-16H,3-6,8H2,1-2H3. The second kappa shape index (κ2) is 4.76. The molecule has 0 aromatic carbocycles. The summed E-state index contributed by atoms with van der Waals surface area (Å²) in [5.41, 5.74) is 4.56. The van der Waals surface area contributed by atoms with Crippen molar-refractivity contribution in [3.63, 3.8) is 0 Å². The Kier molecular flexibility index (Phi) is 3.12. The first kappa shape index (κ1) is 11.8. The van der Waals surface area contributed by atoms with Gasteiger partial charge in [-0.2, -0.15) is 0 Å². The molecule has 0 spiro atoms. The van der Waals surface area contributed by atoms with E-state index in [1.54, 1.807) is 0 Å². The third-order valence-electron chi connectivity index (χ3n) is 4.33. The molecule has 0 amide bonds. The highest BCUT2D eigenvalue weighted by atomic mass is 15.6. The van der Waals surface area contributed by atoms with Crippen molar-refractivity contribution in [1.82, 2.24) is 15.8 Å². The van der Waals surface area contributed by atoms with E-state index in [0.29, 0.717) is 5.92 Å². The van der Waals surface area contributed by atoms with Gasteiger partial charge in [-0.05, 0) is 31.3 Å². The van der Waals surface area contributed by atoms with Gasteiger partial charge in [0.2, 0.25) is 0 Å². The van der Waals surface area contributed by atoms with Crippen LogP contribution in [-0.2, 0) is 0 Å². The number of allylic oxidation sites excluding steroid dienone is 1. The van der Waals surface area contributed by atoms with E-state index < -0.39 is 0 Å². The van der Waals surface area contributed by atoms with Gasteiger partial charge in [-0.3, -0.25) is 0 Å². The Hall–Kier alpha value is -1.29. The quantitative estimate of drug-likeness (QED) is 0.797. The van der Waals surface area contributed by atoms with Crippen molar-refractivity contribution in [2.75, 3.05) is 13.6 Å². The lowest BCUT2D eigenvalue weighted by atomic mass is 9.72. The van der Waals surface area contributed by atoms with Crippen molar-refractivity contribution < 1.29 is 0 Å². The number of nitrogens with one attached hydrogen (secondary N) is 2. The van der Waals surface area contributed by atoms with Gasteiger partial charge in [0.05, 0.1) is 0 Å². The maximum atomic E-state index is 4.84. The lowest BCUT2D eigenvalue weighted by molar-refractivity contribution is 0.249. The first-order chi connectivity index (χ1) is 8.83. The van der Waals surface area contributed by atoms with Gasteiger partial charge in [0.15, 0.2) is 0 Å². The maximum Gasteiger partial charge on any atom is 0.146 e. The molecule has 2 N–H and O–H groups in total. The molecule has 0 bridgehead atoms. The Morgan fingerprint density at radius 2 is 2.39 bits per heavy atom. The molecule has 4 heteroatoms. The molecule has 0 aromatic heterocycles. The zero-order valence-corrected chi connectivity index (χ0v) is 11.2. The highest BCUT2D eigenvalue weighted by molar-refractivity contribution is 5.99. The Morgan fingerprint density at radius 3 is 3.00 bits per heavy atom. The van der Waals surface area contributed by atoms with Crippen LogP contribution < -0.4 is 10.7 Å². The van der Waals surface area contributed by atoms with Crippen LogP contribution in [0.2, 0.25) is 0 Å². The summed E-state index contributed by atoms with van der Waals surface area (Å²) in [4.78, 5) is 4.84. The van der Waals surface area contributed by atoms with E-state index in [9.17, 15) is 0 Å². The molecular weight excluding hydrogens is 224 g/mol. The Bertz CT molecular complexity index is 418. The van der Waals surface area contributed by atoms with Crippen molar-refractivity contribution in [1.29, 1.82) is 0 Å². The van der Waals surface area contributed by atoms with Crippen LogP contribution in [0.25, 0.3) is 0 Å². The highest BCUT2D eigenvalue weighted by Gasteiger charge is 2.32. The second-order valence-corrected chi connectivity index (χ2v) is 5.28. The van der Waals surface area contributed by atoms with E-state index in [4.69, 9.17) is 4.99 Å². The first-order valence-corrected chi connectivity index (χ1v) is 7.05. The third kappa shape index (κ3) is 1.85. The molecule has 0 radical (unpaired) electrons. The van der Waals surface area contributed by atoms with Gasteiger partial charge in [0.1, 0.15) is 11.6 Å². The molecule has 0 saturated heterocycles. The normalized spacial score (nSPS) is 24.8. The summed E-state index contributed by atoms with van der Waals surface area (Å²) in [5.74, 6) is 3.64. The molecule has 4 nitrogen and oxygen atoms in total. The molecule has 0 aromatic rings. The summed E-state index contributed by atoms with van der Waals surface area (Å²) in [6, 6.07) is 0. The Morgan fingerprint density at radius 1 is 1.56 bits per heavy atom. The van der Waals surface area contributed by atoms with E-state index >= 15 is 0 Å². The molecular formula is C14H22N4. The van der Waals surface area contributed by atoms with Crippen LogP contribution in [0.1, 0.15) is 32.6 Å². The van der Waals surface area contributed by atoms with E-state index in [1.165, 1.54) is 31.4 Å². The molecule has 1 aliphatic carbocycles. The fourth-order valence-corrected chi connectivity index (χ4v) is 3.07. The average Bonchev–Trinajstić information content (AvgIpc) is 2.80. The number of hydrogen-bond donors (Lipinski definition) is 2. The van der Waals surface area contributed by atoms with E-state index in [0.717, 1.165) is 24.1 Å². The molecule has 1 unspecified atom stereocenters.